The number of carbonyl (C=O) groups is 1. The topological polar surface area (TPSA) is 94.1 Å². The number of rotatable bonds is 9. The predicted molar refractivity (Wildman–Crippen MR) is 112 cm³/mol. The molecule has 0 amide bonds. The smallest absolute Gasteiger partial charge is 0.404 e. The summed E-state index contributed by atoms with van der Waals surface area (Å²) in [5, 5.41) is 0. The highest BCUT2D eigenvalue weighted by molar-refractivity contribution is 7.89. The normalized spacial score (nSPS) is 22.2. The number of hydrogen-bond acceptors (Lipinski definition) is 6. The average molecular weight is 475 g/mol. The molecule has 1 aromatic carbocycles. The number of ether oxygens (including phenoxy) is 2. The van der Waals surface area contributed by atoms with Gasteiger partial charge in [-0.2, -0.15) is 13.2 Å². The lowest BCUT2D eigenvalue weighted by atomic mass is 9.77. The van der Waals surface area contributed by atoms with E-state index in [1.807, 2.05) is 0 Å². The Labute approximate surface area is 184 Å². The van der Waals surface area contributed by atoms with E-state index in [1.165, 1.54) is 6.21 Å². The Morgan fingerprint density at radius 2 is 1.97 bits per heavy atom. The molecule has 1 atom stereocenters. The minimum atomic E-state index is -4.86. The van der Waals surface area contributed by atoms with E-state index < -0.39 is 38.9 Å². The number of para-hydroxylation sites is 1. The van der Waals surface area contributed by atoms with Crippen molar-refractivity contribution in [3.05, 3.63) is 42.0 Å². The van der Waals surface area contributed by atoms with Crippen molar-refractivity contribution in [2.24, 2.45) is 4.99 Å². The number of nitrogens with zero attached hydrogens (tertiary/aromatic N) is 1. The zero-order valence-corrected chi connectivity index (χ0v) is 18.3. The Hall–Kier alpha value is -2.40. The predicted octanol–water partition coefficient (Wildman–Crippen LogP) is 2.91. The van der Waals surface area contributed by atoms with E-state index in [0.29, 0.717) is 24.2 Å². The van der Waals surface area contributed by atoms with Crippen LogP contribution < -0.4 is 9.46 Å². The third-order valence-electron chi connectivity index (χ3n) is 5.48. The first-order valence-electron chi connectivity index (χ1n) is 10.2. The van der Waals surface area contributed by atoms with Gasteiger partial charge in [-0.1, -0.05) is 24.3 Å². The first-order chi connectivity index (χ1) is 15.0. The van der Waals surface area contributed by atoms with Crippen molar-refractivity contribution < 1.29 is 35.9 Å². The number of allylic oxidation sites excluding steroid dienone is 1. The molecule has 1 fully saturated rings. The van der Waals surface area contributed by atoms with Gasteiger partial charge in [0.25, 0.3) is 0 Å². The van der Waals surface area contributed by atoms with Crippen LogP contribution in [-0.2, 0) is 25.0 Å². The fraction of sp³-hybridized carbons (Fsp3) is 0.524. The number of dihydropyridines is 1. The molecule has 1 aliphatic carbocycles. The van der Waals surface area contributed by atoms with Gasteiger partial charge in [-0.25, -0.2) is 17.9 Å². The van der Waals surface area contributed by atoms with E-state index in [0.717, 1.165) is 6.42 Å². The lowest BCUT2D eigenvalue weighted by Gasteiger charge is -2.41. The minimum Gasteiger partial charge on any atom is -0.475 e. The molecule has 1 heterocycles. The third kappa shape index (κ3) is 5.50. The van der Waals surface area contributed by atoms with Gasteiger partial charge >= 0.3 is 12.1 Å². The van der Waals surface area contributed by atoms with Crippen molar-refractivity contribution in [3.63, 3.8) is 0 Å². The van der Waals surface area contributed by atoms with Crippen molar-refractivity contribution in [2.45, 2.75) is 43.4 Å². The summed E-state index contributed by atoms with van der Waals surface area (Å²) < 4.78 is 75.4. The van der Waals surface area contributed by atoms with Crippen molar-refractivity contribution in [1.29, 1.82) is 0 Å². The molecule has 1 saturated carbocycles. The number of esters is 1. The molecule has 2 aliphatic rings. The van der Waals surface area contributed by atoms with Crippen molar-refractivity contribution in [1.82, 2.24) is 4.72 Å². The molecule has 32 heavy (non-hydrogen) atoms. The summed E-state index contributed by atoms with van der Waals surface area (Å²) in [4.78, 5) is 16.7. The van der Waals surface area contributed by atoms with Crippen LogP contribution in [0.15, 0.2) is 41.4 Å². The summed E-state index contributed by atoms with van der Waals surface area (Å²) in [7, 11) is -4.62. The average Bonchev–Trinajstić information content (AvgIpc) is 2.69. The highest BCUT2D eigenvalue weighted by Gasteiger charge is 2.49. The van der Waals surface area contributed by atoms with E-state index in [9.17, 15) is 26.4 Å². The number of alkyl halides is 3. The van der Waals surface area contributed by atoms with Gasteiger partial charge in [0.15, 0.2) is 5.75 Å². The molecule has 11 heteroatoms. The van der Waals surface area contributed by atoms with E-state index in [2.05, 4.69) is 9.71 Å². The molecule has 0 spiro atoms. The number of nitrogens with one attached hydrogen (secondary N) is 1. The zero-order chi connectivity index (χ0) is 23.5. The standard InChI is InChI=1S/C21H25F3N2O5S/c1-2-30-18(27)20(10-5-11-20)31-17-8-4-3-7-16(17)19(9-6-12-25-13-19)14-26-32(28,29)15-21(22,23)24/h3-4,6-9,12,26H,2,5,10-11,13-15H2,1H3. The first kappa shape index (κ1) is 24.2. The summed E-state index contributed by atoms with van der Waals surface area (Å²) in [6, 6.07) is 6.74. The third-order valence-corrected chi connectivity index (χ3v) is 6.77. The van der Waals surface area contributed by atoms with Crippen LogP contribution in [0.3, 0.4) is 0 Å². The number of sulfonamides is 1. The molecule has 1 aromatic rings. The zero-order valence-electron chi connectivity index (χ0n) is 17.5. The second-order valence-electron chi connectivity index (χ2n) is 7.87. The molecule has 1 unspecified atom stereocenters. The monoisotopic (exact) mass is 474 g/mol. The van der Waals surface area contributed by atoms with Gasteiger partial charge in [0.1, 0.15) is 5.75 Å². The maximum Gasteiger partial charge on any atom is 0.404 e. The van der Waals surface area contributed by atoms with Gasteiger partial charge in [-0.05, 0) is 38.3 Å². The van der Waals surface area contributed by atoms with Gasteiger partial charge in [-0.15, -0.1) is 0 Å². The van der Waals surface area contributed by atoms with Gasteiger partial charge in [-0.3, -0.25) is 4.99 Å². The molecule has 0 bridgehead atoms. The van der Waals surface area contributed by atoms with E-state index in [4.69, 9.17) is 9.47 Å². The second kappa shape index (κ2) is 9.22. The highest BCUT2D eigenvalue weighted by Crippen LogP contribution is 2.42. The largest absolute Gasteiger partial charge is 0.475 e. The number of halogens is 3. The summed E-state index contributed by atoms with van der Waals surface area (Å²) in [6.07, 6.45) is 1.67. The van der Waals surface area contributed by atoms with Crippen molar-refractivity contribution in [3.8, 4) is 5.75 Å². The molecule has 0 aromatic heterocycles. The van der Waals surface area contributed by atoms with Crippen LogP contribution in [0.2, 0.25) is 0 Å². The van der Waals surface area contributed by atoms with Crippen LogP contribution in [-0.4, -0.2) is 57.8 Å². The quantitative estimate of drug-likeness (QED) is 0.556. The maximum atomic E-state index is 12.6. The maximum absolute atomic E-state index is 12.6. The molecule has 1 N–H and O–H groups in total. The second-order valence-corrected chi connectivity index (χ2v) is 9.67. The number of carbonyl (C=O) groups excluding carboxylic acids is 1. The first-order valence-corrected chi connectivity index (χ1v) is 11.8. The van der Waals surface area contributed by atoms with Crippen LogP contribution in [0.5, 0.6) is 5.75 Å². The summed E-state index contributed by atoms with van der Waals surface area (Å²) >= 11 is 0. The van der Waals surface area contributed by atoms with E-state index >= 15 is 0 Å². The SMILES string of the molecule is CCOC(=O)C1(Oc2ccccc2C2(CNS(=O)(=O)CC(F)(F)F)C=CC=NC2)CCC1. The number of hydrogen-bond donors (Lipinski definition) is 1. The molecule has 176 valence electrons. The van der Waals surface area contributed by atoms with Gasteiger partial charge in [0.05, 0.1) is 18.6 Å². The van der Waals surface area contributed by atoms with Crippen LogP contribution in [0.25, 0.3) is 0 Å². The molecule has 3 rings (SSSR count). The van der Waals surface area contributed by atoms with E-state index in [1.54, 1.807) is 43.3 Å². The lowest BCUT2D eigenvalue weighted by molar-refractivity contribution is -0.170. The fourth-order valence-corrected chi connectivity index (χ4v) is 4.74. The molecular formula is C21H25F3N2O5S. The fourth-order valence-electron chi connectivity index (χ4n) is 3.73. The van der Waals surface area contributed by atoms with Crippen LogP contribution >= 0.6 is 0 Å². The Kier molecular flexibility index (Phi) is 6.99. The number of benzene rings is 1. The molecule has 0 radical (unpaired) electrons. The van der Waals surface area contributed by atoms with Crippen LogP contribution in [0, 0.1) is 0 Å². The minimum absolute atomic E-state index is 0.0881. The Balaban J connectivity index is 1.92. The molecule has 1 aliphatic heterocycles. The summed E-state index contributed by atoms with van der Waals surface area (Å²) in [5.41, 5.74) is -1.72. The Morgan fingerprint density at radius 1 is 1.25 bits per heavy atom. The van der Waals surface area contributed by atoms with Crippen LogP contribution in [0.4, 0.5) is 13.2 Å². The molecular weight excluding hydrogens is 449 g/mol. The van der Waals surface area contributed by atoms with Crippen LogP contribution in [0.1, 0.15) is 31.7 Å². The lowest BCUT2D eigenvalue weighted by Crippen LogP contribution is -2.52. The summed E-state index contributed by atoms with van der Waals surface area (Å²) in [6.45, 7) is 1.63. The highest BCUT2D eigenvalue weighted by atomic mass is 32.2. The van der Waals surface area contributed by atoms with E-state index in [-0.39, 0.29) is 19.7 Å². The van der Waals surface area contributed by atoms with Gasteiger partial charge in [0.2, 0.25) is 15.6 Å². The van der Waals surface area contributed by atoms with Gasteiger partial charge in [0, 0.05) is 18.3 Å². The van der Waals surface area contributed by atoms with Gasteiger partial charge < -0.3 is 9.47 Å². The number of aliphatic imine (C=N–C) groups is 1. The Morgan fingerprint density at radius 3 is 2.53 bits per heavy atom. The molecule has 0 saturated heterocycles. The summed E-state index contributed by atoms with van der Waals surface area (Å²) in [5.74, 6) is -2.12. The molecule has 7 nitrogen and oxygen atoms in total. The van der Waals surface area contributed by atoms with Crippen molar-refractivity contribution in [2.75, 3.05) is 25.4 Å². The Bertz CT molecular complexity index is 1000. The van der Waals surface area contributed by atoms with Crippen molar-refractivity contribution >= 4 is 22.2 Å².